The molecule has 0 fully saturated rings. The van der Waals surface area contributed by atoms with Crippen molar-refractivity contribution in [1.29, 1.82) is 5.26 Å². The summed E-state index contributed by atoms with van der Waals surface area (Å²) in [6, 6.07) is 7.52. The topological polar surface area (TPSA) is 53.3 Å². The van der Waals surface area contributed by atoms with Crippen molar-refractivity contribution in [3.8, 4) is 11.8 Å². The van der Waals surface area contributed by atoms with Gasteiger partial charge in [-0.25, -0.2) is 0 Å². The van der Waals surface area contributed by atoms with E-state index in [-0.39, 0.29) is 12.5 Å². The lowest BCUT2D eigenvalue weighted by atomic mass is 10.1. The van der Waals surface area contributed by atoms with Crippen LogP contribution in [0.2, 0.25) is 0 Å². The molecule has 76 valence electrons. The zero-order valence-electron chi connectivity index (χ0n) is 8.36. The van der Waals surface area contributed by atoms with Gasteiger partial charge in [-0.05, 0) is 17.7 Å². The van der Waals surface area contributed by atoms with Crippen molar-refractivity contribution in [2.75, 3.05) is 18.6 Å². The first-order valence-electron chi connectivity index (χ1n) is 4.61. The molecule has 4 nitrogen and oxygen atoms in total. The molecule has 0 aromatic heterocycles. The highest BCUT2D eigenvalue weighted by atomic mass is 16.5. The van der Waals surface area contributed by atoms with Crippen LogP contribution in [0.5, 0.6) is 5.75 Å². The molecule has 1 amide bonds. The van der Waals surface area contributed by atoms with Crippen molar-refractivity contribution in [2.45, 2.75) is 6.42 Å². The van der Waals surface area contributed by atoms with Gasteiger partial charge < -0.3 is 9.64 Å². The molecule has 0 aliphatic carbocycles. The Morgan fingerprint density at radius 2 is 2.40 bits per heavy atom. The van der Waals surface area contributed by atoms with Gasteiger partial charge in [0, 0.05) is 7.05 Å². The van der Waals surface area contributed by atoms with Crippen molar-refractivity contribution in [3.05, 3.63) is 23.8 Å². The third-order valence-corrected chi connectivity index (χ3v) is 2.39. The van der Waals surface area contributed by atoms with E-state index in [9.17, 15) is 4.79 Å². The zero-order valence-corrected chi connectivity index (χ0v) is 8.36. The molecule has 1 aliphatic heterocycles. The molecule has 1 aliphatic rings. The number of nitriles is 1. The van der Waals surface area contributed by atoms with Crippen LogP contribution in [0.1, 0.15) is 5.56 Å². The number of likely N-dealkylation sites (N-methyl/N-ethyl adjacent to an activating group) is 1. The first-order chi connectivity index (χ1) is 7.22. The standard InChI is InChI=1S/C11H10N2O2/c1-13-9-6-8(4-5-12)2-3-10(9)15-7-11(13)14/h2-3,6H,4,7H2,1H3. The lowest BCUT2D eigenvalue weighted by Crippen LogP contribution is -2.35. The number of carbonyl (C=O) groups excluding carboxylic acids is 1. The highest BCUT2D eigenvalue weighted by Gasteiger charge is 2.21. The van der Waals surface area contributed by atoms with Crippen molar-refractivity contribution in [2.24, 2.45) is 0 Å². The van der Waals surface area contributed by atoms with Crippen LogP contribution in [0.3, 0.4) is 0 Å². The van der Waals surface area contributed by atoms with Gasteiger partial charge in [-0.15, -0.1) is 0 Å². The van der Waals surface area contributed by atoms with Crippen molar-refractivity contribution in [1.82, 2.24) is 0 Å². The number of anilines is 1. The van der Waals surface area contributed by atoms with Gasteiger partial charge in [-0.1, -0.05) is 6.07 Å². The van der Waals surface area contributed by atoms with E-state index in [0.29, 0.717) is 12.2 Å². The number of hydrogen-bond acceptors (Lipinski definition) is 3. The molecule has 1 aromatic carbocycles. The predicted octanol–water partition coefficient (Wildman–Crippen LogP) is 1.11. The summed E-state index contributed by atoms with van der Waals surface area (Å²) >= 11 is 0. The summed E-state index contributed by atoms with van der Waals surface area (Å²) in [4.78, 5) is 12.9. The molecular weight excluding hydrogens is 192 g/mol. The Labute approximate surface area is 87.7 Å². The summed E-state index contributed by atoms with van der Waals surface area (Å²) in [6.45, 7) is 0.0844. The van der Waals surface area contributed by atoms with Crippen molar-refractivity contribution < 1.29 is 9.53 Å². The SMILES string of the molecule is CN1C(=O)COc2ccc(CC#N)cc21. The maximum Gasteiger partial charge on any atom is 0.264 e. The highest BCUT2D eigenvalue weighted by molar-refractivity contribution is 5.97. The molecule has 0 N–H and O–H groups in total. The third kappa shape index (κ3) is 1.64. The lowest BCUT2D eigenvalue weighted by molar-refractivity contribution is -0.120. The van der Waals surface area contributed by atoms with E-state index in [1.54, 1.807) is 18.0 Å². The van der Waals surface area contributed by atoms with Crippen molar-refractivity contribution in [3.63, 3.8) is 0 Å². The van der Waals surface area contributed by atoms with E-state index >= 15 is 0 Å². The van der Waals surface area contributed by atoms with Crippen LogP contribution in [-0.4, -0.2) is 19.6 Å². The summed E-state index contributed by atoms with van der Waals surface area (Å²) in [5.74, 6) is 0.621. The Balaban J connectivity index is 2.42. The Hall–Kier alpha value is -2.02. The fraction of sp³-hybridized carbons (Fsp3) is 0.273. The minimum Gasteiger partial charge on any atom is -0.482 e. The number of benzene rings is 1. The second-order valence-electron chi connectivity index (χ2n) is 3.38. The van der Waals surface area contributed by atoms with Crippen LogP contribution in [0.15, 0.2) is 18.2 Å². The van der Waals surface area contributed by atoms with E-state index in [1.165, 1.54) is 0 Å². The fourth-order valence-corrected chi connectivity index (χ4v) is 1.52. The normalized spacial score (nSPS) is 14.1. The smallest absolute Gasteiger partial charge is 0.264 e. The molecule has 1 heterocycles. The Kier molecular flexibility index (Phi) is 2.30. The van der Waals surface area contributed by atoms with Gasteiger partial charge in [0.2, 0.25) is 0 Å². The number of amides is 1. The van der Waals surface area contributed by atoms with E-state index in [4.69, 9.17) is 10.00 Å². The molecule has 0 spiro atoms. The number of fused-ring (bicyclic) bond motifs is 1. The van der Waals surface area contributed by atoms with Gasteiger partial charge >= 0.3 is 0 Å². The van der Waals surface area contributed by atoms with Gasteiger partial charge in [0.15, 0.2) is 6.61 Å². The first-order valence-corrected chi connectivity index (χ1v) is 4.61. The molecule has 2 rings (SSSR count). The van der Waals surface area contributed by atoms with Crippen LogP contribution >= 0.6 is 0 Å². The molecule has 4 heteroatoms. The molecular formula is C11H10N2O2. The quantitative estimate of drug-likeness (QED) is 0.685. The summed E-state index contributed by atoms with van der Waals surface area (Å²) in [6.07, 6.45) is 0.343. The Bertz CT molecular complexity index is 448. The third-order valence-electron chi connectivity index (χ3n) is 2.39. The summed E-state index contributed by atoms with van der Waals surface area (Å²) in [5, 5.41) is 8.58. The zero-order chi connectivity index (χ0) is 10.8. The van der Waals surface area contributed by atoms with E-state index in [0.717, 1.165) is 11.3 Å². The molecule has 0 saturated heterocycles. The molecule has 0 unspecified atom stereocenters. The number of ether oxygens (including phenoxy) is 1. The van der Waals surface area contributed by atoms with Gasteiger partial charge in [0.05, 0.1) is 18.2 Å². The average Bonchev–Trinajstić information content (AvgIpc) is 2.25. The summed E-state index contributed by atoms with van der Waals surface area (Å²) in [7, 11) is 1.71. The molecule has 0 bridgehead atoms. The molecule has 1 aromatic rings. The second-order valence-corrected chi connectivity index (χ2v) is 3.38. The maximum atomic E-state index is 11.4. The van der Waals surface area contributed by atoms with E-state index < -0.39 is 0 Å². The van der Waals surface area contributed by atoms with Crippen LogP contribution in [0.25, 0.3) is 0 Å². The minimum atomic E-state index is -0.0726. The average molecular weight is 202 g/mol. The molecule has 15 heavy (non-hydrogen) atoms. The lowest BCUT2D eigenvalue weighted by Gasteiger charge is -2.26. The van der Waals surface area contributed by atoms with Gasteiger partial charge in [-0.3, -0.25) is 4.79 Å². The van der Waals surface area contributed by atoms with Crippen LogP contribution < -0.4 is 9.64 Å². The number of carbonyl (C=O) groups is 1. The molecule has 0 saturated carbocycles. The summed E-state index contributed by atoms with van der Waals surface area (Å²) in [5.41, 5.74) is 1.63. The minimum absolute atomic E-state index is 0.0726. The fourth-order valence-electron chi connectivity index (χ4n) is 1.52. The van der Waals surface area contributed by atoms with E-state index in [2.05, 4.69) is 6.07 Å². The Morgan fingerprint density at radius 1 is 1.60 bits per heavy atom. The van der Waals surface area contributed by atoms with Crippen LogP contribution in [0, 0.1) is 11.3 Å². The van der Waals surface area contributed by atoms with Crippen LogP contribution in [-0.2, 0) is 11.2 Å². The monoisotopic (exact) mass is 202 g/mol. The predicted molar refractivity (Wildman–Crippen MR) is 54.7 cm³/mol. The van der Waals surface area contributed by atoms with Crippen LogP contribution in [0.4, 0.5) is 5.69 Å². The molecule has 0 radical (unpaired) electrons. The number of rotatable bonds is 1. The van der Waals surface area contributed by atoms with Gasteiger partial charge in [0.1, 0.15) is 5.75 Å². The highest BCUT2D eigenvalue weighted by Crippen LogP contribution is 2.31. The van der Waals surface area contributed by atoms with E-state index in [1.807, 2.05) is 12.1 Å². The first kappa shape index (κ1) is 9.53. The van der Waals surface area contributed by atoms with Gasteiger partial charge in [0.25, 0.3) is 5.91 Å². The maximum absolute atomic E-state index is 11.4. The number of nitrogens with zero attached hydrogens (tertiary/aromatic N) is 2. The second kappa shape index (κ2) is 3.62. The number of hydrogen-bond donors (Lipinski definition) is 0. The molecule has 0 atom stereocenters. The van der Waals surface area contributed by atoms with Gasteiger partial charge in [-0.2, -0.15) is 5.26 Å². The Morgan fingerprint density at radius 3 is 3.13 bits per heavy atom. The van der Waals surface area contributed by atoms with Crippen molar-refractivity contribution >= 4 is 11.6 Å². The summed E-state index contributed by atoms with van der Waals surface area (Å²) < 4.78 is 5.27. The largest absolute Gasteiger partial charge is 0.482 e.